The number of hydrogen-bond acceptors (Lipinski definition) is 6. The van der Waals surface area contributed by atoms with Gasteiger partial charge < -0.3 is 8.92 Å². The molecule has 0 radical (unpaired) electrons. The summed E-state index contributed by atoms with van der Waals surface area (Å²) in [5, 5.41) is 0. The van der Waals surface area contributed by atoms with Crippen LogP contribution in [0.5, 0.6) is 0 Å². The molecule has 0 fully saturated rings. The van der Waals surface area contributed by atoms with Gasteiger partial charge in [0.25, 0.3) is 0 Å². The molecule has 0 saturated heterocycles. The molecular weight excluding hydrogens is 311 g/mol. The van der Waals surface area contributed by atoms with Crippen molar-refractivity contribution in [2.75, 3.05) is 6.61 Å². The van der Waals surface area contributed by atoms with Crippen LogP contribution in [-0.2, 0) is 28.9 Å². The molecule has 1 atom stereocenters. The minimum absolute atomic E-state index is 0. The second-order valence-corrected chi connectivity index (χ2v) is 5.50. The fraction of sp³-hybridized carbons (Fsp3) is 0.833. The summed E-state index contributed by atoms with van der Waals surface area (Å²) in [4.78, 5) is 22.3. The van der Waals surface area contributed by atoms with Crippen LogP contribution < -0.4 is 0 Å². The summed E-state index contributed by atoms with van der Waals surface area (Å²) in [6.45, 7) is 4.39. The second kappa shape index (κ2) is 12.4. The molecule has 0 heterocycles. The van der Waals surface area contributed by atoms with Gasteiger partial charge in [0, 0.05) is 0 Å². The van der Waals surface area contributed by atoms with Crippen molar-refractivity contribution < 1.29 is 31.5 Å². The van der Waals surface area contributed by atoms with Crippen molar-refractivity contribution in [3.8, 4) is 0 Å². The number of carbonyl (C=O) groups is 2. The van der Waals surface area contributed by atoms with Crippen LogP contribution in [0.4, 0.5) is 0 Å². The molecular formula is C12H23NaO7S. The first-order chi connectivity index (χ1) is 9.28. The van der Waals surface area contributed by atoms with Crippen LogP contribution >= 0.6 is 0 Å². The first-order valence-electron chi connectivity index (χ1n) is 6.63. The van der Waals surface area contributed by atoms with E-state index in [1.54, 1.807) is 0 Å². The zero-order valence-electron chi connectivity index (χ0n) is 11.8. The van der Waals surface area contributed by atoms with E-state index < -0.39 is 28.8 Å². The predicted octanol–water partition coefficient (Wildman–Crippen LogP) is 1.22. The van der Waals surface area contributed by atoms with Crippen LogP contribution in [0.15, 0.2) is 0 Å². The Morgan fingerprint density at radius 1 is 1.14 bits per heavy atom. The van der Waals surface area contributed by atoms with E-state index in [1.165, 1.54) is 0 Å². The summed E-state index contributed by atoms with van der Waals surface area (Å²) in [6.07, 6.45) is 3.29. The maximum absolute atomic E-state index is 11.4. The van der Waals surface area contributed by atoms with E-state index in [0.29, 0.717) is 12.5 Å². The van der Waals surface area contributed by atoms with Gasteiger partial charge in [0.1, 0.15) is 0 Å². The van der Waals surface area contributed by atoms with E-state index in [2.05, 4.69) is 11.1 Å². The van der Waals surface area contributed by atoms with Gasteiger partial charge in [-0.25, -0.2) is 0 Å². The monoisotopic (exact) mass is 334 g/mol. The Labute approximate surface area is 148 Å². The Bertz CT molecular complexity index is 408. The fourth-order valence-electron chi connectivity index (χ4n) is 1.54. The molecule has 0 spiro atoms. The number of hydrogen-bond donors (Lipinski definition) is 1. The molecule has 0 bridgehead atoms. The Hall–Kier alpha value is -0.150. The van der Waals surface area contributed by atoms with Gasteiger partial charge in [0.2, 0.25) is 0 Å². The molecule has 0 aliphatic heterocycles. The van der Waals surface area contributed by atoms with Crippen molar-refractivity contribution >= 4 is 51.9 Å². The maximum atomic E-state index is 11.4. The van der Waals surface area contributed by atoms with Gasteiger partial charge >= 0.3 is 51.9 Å². The van der Waals surface area contributed by atoms with Gasteiger partial charge in [-0.1, -0.05) is 33.1 Å². The molecule has 0 amide bonds. The van der Waals surface area contributed by atoms with Gasteiger partial charge in [-0.2, -0.15) is 8.42 Å². The molecule has 1 unspecified atom stereocenters. The third-order valence-corrected chi connectivity index (χ3v) is 3.15. The first kappa shape index (κ1) is 23.1. The molecule has 0 saturated carbocycles. The van der Waals surface area contributed by atoms with Crippen LogP contribution in [0, 0.1) is 5.92 Å². The number of unbranched alkanes of at least 4 members (excludes halogenated alkanes) is 1. The molecule has 7 nitrogen and oxygen atoms in total. The zero-order chi connectivity index (χ0) is 15.6. The average molecular weight is 334 g/mol. The van der Waals surface area contributed by atoms with E-state index in [-0.39, 0.29) is 36.0 Å². The van der Waals surface area contributed by atoms with Crippen LogP contribution in [0.2, 0.25) is 0 Å². The van der Waals surface area contributed by atoms with Gasteiger partial charge in [-0.15, -0.1) is 0 Å². The van der Waals surface area contributed by atoms with Crippen molar-refractivity contribution in [3.63, 3.8) is 0 Å². The van der Waals surface area contributed by atoms with Crippen LogP contribution in [0.1, 0.15) is 52.4 Å². The fourth-order valence-corrected chi connectivity index (χ4v) is 1.86. The van der Waals surface area contributed by atoms with E-state index in [1.807, 2.05) is 6.92 Å². The number of carbonyl (C=O) groups excluding carboxylic acids is 2. The van der Waals surface area contributed by atoms with Crippen molar-refractivity contribution in [3.05, 3.63) is 0 Å². The van der Waals surface area contributed by atoms with E-state index >= 15 is 0 Å². The molecule has 0 aromatic heterocycles. The van der Waals surface area contributed by atoms with Gasteiger partial charge in [0.15, 0.2) is 0 Å². The van der Waals surface area contributed by atoms with E-state index in [4.69, 9.17) is 9.29 Å². The second-order valence-electron chi connectivity index (χ2n) is 4.48. The van der Waals surface area contributed by atoms with E-state index in [0.717, 1.165) is 25.7 Å². The average Bonchev–Trinajstić information content (AvgIpc) is 2.34. The Morgan fingerprint density at radius 2 is 1.71 bits per heavy atom. The van der Waals surface area contributed by atoms with Crippen LogP contribution in [0.25, 0.3) is 0 Å². The molecule has 0 aromatic carbocycles. The number of esters is 1. The van der Waals surface area contributed by atoms with Crippen molar-refractivity contribution in [2.45, 2.75) is 52.4 Å². The summed E-state index contributed by atoms with van der Waals surface area (Å²) < 4.78 is 37.4. The standard InChI is InChI=1S/C12H22O7S.Na.H/c1-3-5-6-10(4-2)9-18-11(13)7-8-12(14)19-20(15,16)17;;/h10H,3-9H2,1-2H3,(H,15,16,17);;. The Kier molecular flexibility index (Phi) is 13.7. The molecule has 120 valence electrons. The van der Waals surface area contributed by atoms with E-state index in [9.17, 15) is 18.0 Å². The summed E-state index contributed by atoms with van der Waals surface area (Å²) in [7, 11) is -4.81. The van der Waals surface area contributed by atoms with Gasteiger partial charge in [-0.3, -0.25) is 14.1 Å². The zero-order valence-corrected chi connectivity index (χ0v) is 12.6. The summed E-state index contributed by atoms with van der Waals surface area (Å²) in [5.41, 5.74) is 0. The van der Waals surface area contributed by atoms with Gasteiger partial charge in [0.05, 0.1) is 19.4 Å². The summed E-state index contributed by atoms with van der Waals surface area (Å²) in [5.74, 6) is -1.49. The third-order valence-electron chi connectivity index (χ3n) is 2.75. The van der Waals surface area contributed by atoms with Crippen LogP contribution in [0.3, 0.4) is 0 Å². The molecule has 0 aliphatic rings. The number of ether oxygens (including phenoxy) is 1. The predicted molar refractivity (Wildman–Crippen MR) is 78.3 cm³/mol. The Morgan fingerprint density at radius 3 is 2.19 bits per heavy atom. The van der Waals surface area contributed by atoms with Crippen molar-refractivity contribution in [1.29, 1.82) is 0 Å². The number of rotatable bonds is 10. The van der Waals surface area contributed by atoms with Crippen molar-refractivity contribution in [2.24, 2.45) is 5.92 Å². The summed E-state index contributed by atoms with van der Waals surface area (Å²) >= 11 is 0. The Balaban J connectivity index is 0. The molecule has 0 rings (SSSR count). The SMILES string of the molecule is CCCCC(CC)COC(=O)CCC(=O)OS(=O)(=O)O.[NaH]. The third kappa shape index (κ3) is 14.5. The molecule has 21 heavy (non-hydrogen) atoms. The molecule has 1 N–H and O–H groups in total. The molecule has 9 heteroatoms. The van der Waals surface area contributed by atoms with Crippen molar-refractivity contribution in [1.82, 2.24) is 0 Å². The molecule has 0 aliphatic carbocycles. The quantitative estimate of drug-likeness (QED) is 0.364. The first-order valence-corrected chi connectivity index (χ1v) is 8.00. The normalized spacial score (nSPS) is 12.1. The molecule has 0 aromatic rings. The minimum atomic E-state index is -4.81. The van der Waals surface area contributed by atoms with Gasteiger partial charge in [-0.05, 0) is 12.3 Å². The van der Waals surface area contributed by atoms with Crippen LogP contribution in [-0.4, -0.2) is 61.1 Å². The summed E-state index contributed by atoms with van der Waals surface area (Å²) in [6, 6.07) is 0. The topological polar surface area (TPSA) is 107 Å².